The minimum Gasteiger partial charge on any atom is -0.478 e. The minimum atomic E-state index is -4.39. The summed E-state index contributed by atoms with van der Waals surface area (Å²) in [4.78, 5) is 21.0. The molecule has 0 heterocycles. The first-order valence-electron chi connectivity index (χ1n) is 5.90. The van der Waals surface area contributed by atoms with Crippen molar-refractivity contribution in [2.45, 2.75) is 24.8 Å². The number of aromatic carboxylic acids is 1. The minimum absolute atomic E-state index is 0.377. The number of hydrogen-bond donors (Lipinski definition) is 2. The summed E-state index contributed by atoms with van der Waals surface area (Å²) in [7, 11) is -4.39. The molecule has 0 unspecified atom stereocenters. The van der Waals surface area contributed by atoms with E-state index in [0.29, 0.717) is 10.4 Å². The maximum atomic E-state index is 13.8. The van der Waals surface area contributed by atoms with E-state index in [9.17, 15) is 22.4 Å². The molecule has 0 aliphatic rings. The van der Waals surface area contributed by atoms with Gasteiger partial charge in [0.25, 0.3) is 0 Å². The van der Waals surface area contributed by atoms with Gasteiger partial charge in [0.05, 0.1) is 12.1 Å². The Morgan fingerprint density at radius 3 is 2.38 bits per heavy atom. The number of carbonyl (C=O) groups excluding carboxylic acids is 1. The number of hydrogen-bond acceptors (Lipinski definition) is 4. The highest BCUT2D eigenvalue weighted by Gasteiger charge is 2.31. The van der Waals surface area contributed by atoms with Crippen LogP contribution in [-0.4, -0.2) is 42.3 Å². The Bertz CT molecular complexity index is 672. The van der Waals surface area contributed by atoms with Gasteiger partial charge in [-0.1, -0.05) is 0 Å². The molecule has 1 aromatic carbocycles. The second-order valence-corrected chi connectivity index (χ2v) is 6.42. The summed E-state index contributed by atoms with van der Waals surface area (Å²) < 4.78 is 39.3. The summed E-state index contributed by atoms with van der Waals surface area (Å²) in [5.41, 5.74) is 4.61. The van der Waals surface area contributed by atoms with Crippen molar-refractivity contribution in [1.82, 2.24) is 4.31 Å². The zero-order chi connectivity index (χ0) is 16.4. The molecule has 0 fully saturated rings. The van der Waals surface area contributed by atoms with E-state index in [1.54, 1.807) is 0 Å². The number of carbonyl (C=O) groups is 2. The van der Waals surface area contributed by atoms with Crippen molar-refractivity contribution in [3.63, 3.8) is 0 Å². The SMILES string of the molecule is CC(C)N(CC(N)=O)S(=O)(=O)c1cc(C(=O)O)ccc1F. The Morgan fingerprint density at radius 2 is 1.95 bits per heavy atom. The van der Waals surface area contributed by atoms with Crippen LogP contribution in [0.4, 0.5) is 4.39 Å². The third kappa shape index (κ3) is 3.76. The van der Waals surface area contributed by atoms with E-state index in [-0.39, 0.29) is 5.56 Å². The first kappa shape index (κ1) is 17.1. The van der Waals surface area contributed by atoms with Gasteiger partial charge in [-0.25, -0.2) is 17.6 Å². The lowest BCUT2D eigenvalue weighted by atomic mass is 10.2. The zero-order valence-corrected chi connectivity index (χ0v) is 12.2. The van der Waals surface area contributed by atoms with Crippen LogP contribution in [0.3, 0.4) is 0 Å². The van der Waals surface area contributed by atoms with Crippen molar-refractivity contribution in [2.24, 2.45) is 5.73 Å². The second kappa shape index (κ2) is 6.19. The number of primary amides is 1. The van der Waals surface area contributed by atoms with Gasteiger partial charge in [-0.2, -0.15) is 4.31 Å². The highest BCUT2D eigenvalue weighted by molar-refractivity contribution is 7.89. The van der Waals surface area contributed by atoms with E-state index in [2.05, 4.69) is 0 Å². The van der Waals surface area contributed by atoms with Crippen LogP contribution in [0, 0.1) is 5.82 Å². The summed E-state index contributed by atoms with van der Waals surface area (Å²) in [5.74, 6) is -3.39. The lowest BCUT2D eigenvalue weighted by Crippen LogP contribution is -2.43. The number of halogens is 1. The van der Waals surface area contributed by atoms with Crippen LogP contribution in [0.15, 0.2) is 23.1 Å². The average molecular weight is 318 g/mol. The number of amides is 1. The quantitative estimate of drug-likeness (QED) is 0.787. The molecule has 0 aliphatic heterocycles. The first-order chi connectivity index (χ1) is 9.57. The summed E-state index contributed by atoms with van der Waals surface area (Å²) >= 11 is 0. The van der Waals surface area contributed by atoms with Gasteiger partial charge >= 0.3 is 5.97 Å². The van der Waals surface area contributed by atoms with E-state index in [1.807, 2.05) is 0 Å². The molecule has 0 saturated carbocycles. The van der Waals surface area contributed by atoms with Crippen LogP contribution in [0.5, 0.6) is 0 Å². The number of nitrogens with two attached hydrogens (primary N) is 1. The van der Waals surface area contributed by atoms with Crippen LogP contribution in [0.25, 0.3) is 0 Å². The fourth-order valence-electron chi connectivity index (χ4n) is 1.66. The molecule has 3 N–H and O–H groups in total. The Kier molecular flexibility index (Phi) is 5.02. The predicted octanol–water partition coefficient (Wildman–Crippen LogP) is 0.408. The molecule has 0 saturated heterocycles. The summed E-state index contributed by atoms with van der Waals surface area (Å²) in [6, 6.07) is 1.75. The van der Waals surface area contributed by atoms with Crippen LogP contribution < -0.4 is 5.73 Å². The molecule has 1 amide bonds. The molecule has 7 nitrogen and oxygen atoms in total. The van der Waals surface area contributed by atoms with Crippen LogP contribution in [-0.2, 0) is 14.8 Å². The number of sulfonamides is 1. The van der Waals surface area contributed by atoms with Crippen molar-refractivity contribution in [3.8, 4) is 0 Å². The van der Waals surface area contributed by atoms with Gasteiger partial charge in [-0.15, -0.1) is 0 Å². The molecule has 0 atom stereocenters. The first-order valence-corrected chi connectivity index (χ1v) is 7.34. The lowest BCUT2D eigenvalue weighted by Gasteiger charge is -2.24. The van der Waals surface area contributed by atoms with Gasteiger partial charge in [0.1, 0.15) is 10.7 Å². The van der Waals surface area contributed by atoms with Gasteiger partial charge in [-0.3, -0.25) is 4.79 Å². The monoisotopic (exact) mass is 318 g/mol. The molecular formula is C12H15FN2O5S. The highest BCUT2D eigenvalue weighted by Crippen LogP contribution is 2.22. The normalized spacial score (nSPS) is 11.9. The molecule has 21 heavy (non-hydrogen) atoms. The van der Waals surface area contributed by atoms with E-state index < -0.39 is 45.2 Å². The topological polar surface area (TPSA) is 118 Å². The number of nitrogens with zero attached hydrogens (tertiary/aromatic N) is 1. The zero-order valence-electron chi connectivity index (χ0n) is 11.4. The smallest absolute Gasteiger partial charge is 0.335 e. The fraction of sp³-hybridized carbons (Fsp3) is 0.333. The molecule has 1 aromatic rings. The van der Waals surface area contributed by atoms with Crippen molar-refractivity contribution < 1.29 is 27.5 Å². The van der Waals surface area contributed by atoms with Crippen molar-refractivity contribution in [2.75, 3.05) is 6.54 Å². The standard InChI is InChI=1S/C12H15FN2O5S/c1-7(2)15(6-11(14)16)21(19,20)10-5-8(12(17)18)3-4-9(10)13/h3-5,7H,6H2,1-2H3,(H2,14,16)(H,17,18). The maximum absolute atomic E-state index is 13.8. The van der Waals surface area contributed by atoms with E-state index in [0.717, 1.165) is 12.1 Å². The third-order valence-corrected chi connectivity index (χ3v) is 4.69. The average Bonchev–Trinajstić information content (AvgIpc) is 2.35. The summed E-state index contributed by atoms with van der Waals surface area (Å²) in [5, 5.41) is 8.85. The van der Waals surface area contributed by atoms with Gasteiger partial charge in [0.15, 0.2) is 0 Å². The van der Waals surface area contributed by atoms with Crippen molar-refractivity contribution >= 4 is 21.9 Å². The number of carboxylic acids is 1. The fourth-order valence-corrected chi connectivity index (χ4v) is 3.35. The van der Waals surface area contributed by atoms with Crippen molar-refractivity contribution in [1.29, 1.82) is 0 Å². The molecule has 1 rings (SSSR count). The summed E-state index contributed by atoms with van der Waals surface area (Å²) in [6.45, 7) is 2.34. The Morgan fingerprint density at radius 1 is 1.38 bits per heavy atom. The largest absolute Gasteiger partial charge is 0.478 e. The molecule has 0 radical (unpaired) electrons. The Balaban J connectivity index is 3.43. The van der Waals surface area contributed by atoms with Crippen LogP contribution >= 0.6 is 0 Å². The third-order valence-electron chi connectivity index (χ3n) is 2.65. The molecule has 0 aromatic heterocycles. The van der Waals surface area contributed by atoms with Gasteiger partial charge in [0, 0.05) is 6.04 Å². The van der Waals surface area contributed by atoms with Crippen LogP contribution in [0.1, 0.15) is 24.2 Å². The molecule has 116 valence electrons. The predicted molar refractivity (Wildman–Crippen MR) is 71.6 cm³/mol. The van der Waals surface area contributed by atoms with E-state index >= 15 is 0 Å². The van der Waals surface area contributed by atoms with Crippen LogP contribution in [0.2, 0.25) is 0 Å². The number of rotatable bonds is 6. The number of benzene rings is 1. The molecule has 0 bridgehead atoms. The second-order valence-electron chi connectivity index (χ2n) is 4.56. The molecule has 0 aliphatic carbocycles. The molecular weight excluding hydrogens is 303 g/mol. The van der Waals surface area contributed by atoms with Crippen molar-refractivity contribution in [3.05, 3.63) is 29.6 Å². The highest BCUT2D eigenvalue weighted by atomic mass is 32.2. The molecule has 9 heteroatoms. The summed E-state index contributed by atoms with van der Waals surface area (Å²) in [6.07, 6.45) is 0. The van der Waals surface area contributed by atoms with E-state index in [4.69, 9.17) is 10.8 Å². The Hall–Kier alpha value is -2.00. The van der Waals surface area contributed by atoms with E-state index in [1.165, 1.54) is 13.8 Å². The lowest BCUT2D eigenvalue weighted by molar-refractivity contribution is -0.118. The number of carboxylic acid groups (broad SMARTS) is 1. The van der Waals surface area contributed by atoms with Gasteiger partial charge < -0.3 is 10.8 Å². The molecule has 0 spiro atoms. The maximum Gasteiger partial charge on any atom is 0.335 e. The van der Waals surface area contributed by atoms with Gasteiger partial charge in [0.2, 0.25) is 15.9 Å². The van der Waals surface area contributed by atoms with Gasteiger partial charge in [-0.05, 0) is 32.0 Å². The Labute approximate surface area is 121 Å².